The summed E-state index contributed by atoms with van der Waals surface area (Å²) in [7, 11) is 0. The van der Waals surface area contributed by atoms with Crippen molar-refractivity contribution in [3.63, 3.8) is 0 Å². The van der Waals surface area contributed by atoms with Gasteiger partial charge in [0.05, 0.1) is 11.6 Å². The van der Waals surface area contributed by atoms with Gasteiger partial charge >= 0.3 is 0 Å². The summed E-state index contributed by atoms with van der Waals surface area (Å²) >= 11 is 0. The summed E-state index contributed by atoms with van der Waals surface area (Å²) in [6.45, 7) is 1.76. The first kappa shape index (κ1) is 10.1. The standard InChI is InChI=1S/C10H10N2O2/c1-7-2-3-9(13)8(6-7)10(14)12-5-4-11/h2-3,6,13H,5H2,1H3,(H,12,14). The van der Waals surface area contributed by atoms with Gasteiger partial charge in [-0.05, 0) is 19.1 Å². The minimum Gasteiger partial charge on any atom is -0.507 e. The second-order valence-corrected chi connectivity index (χ2v) is 2.86. The van der Waals surface area contributed by atoms with Crippen LogP contribution in [0.3, 0.4) is 0 Å². The predicted molar refractivity (Wildman–Crippen MR) is 50.8 cm³/mol. The van der Waals surface area contributed by atoms with Crippen LogP contribution >= 0.6 is 0 Å². The van der Waals surface area contributed by atoms with Crippen molar-refractivity contribution in [2.45, 2.75) is 6.92 Å². The van der Waals surface area contributed by atoms with Crippen LogP contribution in [0.4, 0.5) is 0 Å². The number of phenolic OH excluding ortho intramolecular Hbond substituents is 1. The number of benzene rings is 1. The lowest BCUT2D eigenvalue weighted by Crippen LogP contribution is -2.23. The second-order valence-electron chi connectivity index (χ2n) is 2.86. The highest BCUT2D eigenvalue weighted by atomic mass is 16.3. The van der Waals surface area contributed by atoms with Gasteiger partial charge in [-0.2, -0.15) is 5.26 Å². The Bertz CT molecular complexity index is 394. The number of nitrogens with zero attached hydrogens (tertiary/aromatic N) is 1. The molecular formula is C10H10N2O2. The number of carbonyl (C=O) groups excluding carboxylic acids is 1. The Morgan fingerprint density at radius 2 is 2.36 bits per heavy atom. The van der Waals surface area contributed by atoms with Gasteiger partial charge in [0.1, 0.15) is 12.3 Å². The van der Waals surface area contributed by atoms with E-state index in [1.165, 1.54) is 6.07 Å². The van der Waals surface area contributed by atoms with Gasteiger partial charge in [0, 0.05) is 0 Å². The summed E-state index contributed by atoms with van der Waals surface area (Å²) in [5, 5.41) is 20.0. The molecule has 14 heavy (non-hydrogen) atoms. The number of hydrogen-bond acceptors (Lipinski definition) is 3. The first-order valence-electron chi connectivity index (χ1n) is 4.10. The molecule has 2 N–H and O–H groups in total. The predicted octanol–water partition coefficient (Wildman–Crippen LogP) is 0.954. The van der Waals surface area contributed by atoms with Crippen molar-refractivity contribution in [2.24, 2.45) is 0 Å². The minimum absolute atomic E-state index is 0.0633. The van der Waals surface area contributed by atoms with Crippen LogP contribution in [0.2, 0.25) is 0 Å². The monoisotopic (exact) mass is 190 g/mol. The second kappa shape index (κ2) is 4.28. The Hall–Kier alpha value is -2.02. The summed E-state index contributed by atoms with van der Waals surface area (Å²) in [6.07, 6.45) is 0. The highest BCUT2D eigenvalue weighted by Gasteiger charge is 2.09. The fraction of sp³-hybridized carbons (Fsp3) is 0.200. The number of aryl methyl sites for hydroxylation is 1. The van der Waals surface area contributed by atoms with Gasteiger partial charge in [-0.15, -0.1) is 0 Å². The quantitative estimate of drug-likeness (QED) is 0.682. The van der Waals surface area contributed by atoms with Crippen molar-refractivity contribution in [1.82, 2.24) is 5.32 Å². The largest absolute Gasteiger partial charge is 0.507 e. The van der Waals surface area contributed by atoms with Gasteiger partial charge in [-0.25, -0.2) is 0 Å². The molecule has 0 heterocycles. The molecule has 0 radical (unpaired) electrons. The topological polar surface area (TPSA) is 73.1 Å². The van der Waals surface area contributed by atoms with E-state index in [2.05, 4.69) is 5.32 Å². The van der Waals surface area contributed by atoms with E-state index in [9.17, 15) is 9.90 Å². The SMILES string of the molecule is Cc1ccc(O)c(C(=O)NCC#N)c1. The number of phenols is 1. The van der Waals surface area contributed by atoms with Crippen molar-refractivity contribution in [3.8, 4) is 11.8 Å². The summed E-state index contributed by atoms with van der Waals surface area (Å²) in [4.78, 5) is 11.4. The van der Waals surface area contributed by atoms with Crippen LogP contribution in [0.25, 0.3) is 0 Å². The molecule has 4 heteroatoms. The molecule has 1 aromatic carbocycles. The lowest BCUT2D eigenvalue weighted by molar-refractivity contribution is 0.0956. The lowest BCUT2D eigenvalue weighted by Gasteiger charge is -2.04. The fourth-order valence-electron chi connectivity index (χ4n) is 1.05. The molecule has 0 fully saturated rings. The van der Waals surface area contributed by atoms with Crippen LogP contribution in [-0.4, -0.2) is 17.6 Å². The van der Waals surface area contributed by atoms with Gasteiger partial charge in [-0.3, -0.25) is 4.79 Å². The Kier molecular flexibility index (Phi) is 3.08. The van der Waals surface area contributed by atoms with E-state index >= 15 is 0 Å². The van der Waals surface area contributed by atoms with E-state index < -0.39 is 5.91 Å². The van der Waals surface area contributed by atoms with Crippen LogP contribution < -0.4 is 5.32 Å². The molecule has 0 aliphatic heterocycles. The molecule has 4 nitrogen and oxygen atoms in total. The van der Waals surface area contributed by atoms with E-state index in [0.29, 0.717) is 0 Å². The van der Waals surface area contributed by atoms with E-state index in [4.69, 9.17) is 5.26 Å². The van der Waals surface area contributed by atoms with Gasteiger partial charge < -0.3 is 10.4 Å². The Balaban J connectivity index is 2.90. The maximum Gasteiger partial charge on any atom is 0.255 e. The number of rotatable bonds is 2. The van der Waals surface area contributed by atoms with Crippen LogP contribution in [0.5, 0.6) is 5.75 Å². The summed E-state index contributed by atoms with van der Waals surface area (Å²) < 4.78 is 0. The maximum atomic E-state index is 11.4. The lowest BCUT2D eigenvalue weighted by atomic mass is 10.1. The number of nitrogens with one attached hydrogen (secondary N) is 1. The summed E-state index contributed by atoms with van der Waals surface area (Å²) in [5.74, 6) is -0.515. The molecular weight excluding hydrogens is 180 g/mol. The number of carbonyl (C=O) groups is 1. The number of nitriles is 1. The zero-order valence-electron chi connectivity index (χ0n) is 7.74. The van der Waals surface area contributed by atoms with Crippen molar-refractivity contribution < 1.29 is 9.90 Å². The Morgan fingerprint density at radius 1 is 1.64 bits per heavy atom. The van der Waals surface area contributed by atoms with Crippen molar-refractivity contribution >= 4 is 5.91 Å². The minimum atomic E-state index is -0.437. The Labute approximate surface area is 81.8 Å². The average molecular weight is 190 g/mol. The molecule has 0 saturated carbocycles. The molecule has 1 amide bonds. The summed E-state index contributed by atoms with van der Waals surface area (Å²) in [5.41, 5.74) is 1.07. The molecule has 0 aliphatic rings. The Morgan fingerprint density at radius 3 is 3.00 bits per heavy atom. The van der Waals surface area contributed by atoms with Crippen LogP contribution in [-0.2, 0) is 0 Å². The normalized spacial score (nSPS) is 9.14. The fourth-order valence-corrected chi connectivity index (χ4v) is 1.05. The van der Waals surface area contributed by atoms with Crippen molar-refractivity contribution in [2.75, 3.05) is 6.54 Å². The van der Waals surface area contributed by atoms with Crippen LogP contribution in [0.1, 0.15) is 15.9 Å². The van der Waals surface area contributed by atoms with Crippen LogP contribution in [0.15, 0.2) is 18.2 Å². The molecule has 1 rings (SSSR count). The van der Waals surface area contributed by atoms with E-state index in [1.807, 2.05) is 6.92 Å². The zero-order valence-corrected chi connectivity index (χ0v) is 7.74. The molecule has 0 spiro atoms. The van der Waals surface area contributed by atoms with Crippen molar-refractivity contribution in [3.05, 3.63) is 29.3 Å². The molecule has 0 atom stereocenters. The molecule has 0 saturated heterocycles. The van der Waals surface area contributed by atoms with Gasteiger partial charge in [0.25, 0.3) is 5.91 Å². The maximum absolute atomic E-state index is 11.4. The smallest absolute Gasteiger partial charge is 0.255 e. The first-order chi connectivity index (χ1) is 6.65. The molecule has 0 aliphatic carbocycles. The number of aromatic hydroxyl groups is 1. The van der Waals surface area contributed by atoms with Crippen LogP contribution in [0, 0.1) is 18.3 Å². The first-order valence-corrected chi connectivity index (χ1v) is 4.10. The molecule has 72 valence electrons. The van der Waals surface area contributed by atoms with E-state index in [1.54, 1.807) is 18.2 Å². The van der Waals surface area contributed by atoms with E-state index in [0.717, 1.165) is 5.56 Å². The third-order valence-electron chi connectivity index (χ3n) is 1.72. The molecule has 0 unspecified atom stereocenters. The van der Waals surface area contributed by atoms with Gasteiger partial charge in [0.2, 0.25) is 0 Å². The molecule has 0 aromatic heterocycles. The zero-order chi connectivity index (χ0) is 10.6. The number of amides is 1. The van der Waals surface area contributed by atoms with Gasteiger partial charge in [-0.1, -0.05) is 11.6 Å². The molecule has 0 bridgehead atoms. The highest BCUT2D eigenvalue weighted by Crippen LogP contribution is 2.17. The number of hydrogen-bond donors (Lipinski definition) is 2. The third kappa shape index (κ3) is 2.23. The molecule has 1 aromatic rings. The van der Waals surface area contributed by atoms with Crippen molar-refractivity contribution in [1.29, 1.82) is 5.26 Å². The highest BCUT2D eigenvalue weighted by molar-refractivity contribution is 5.97. The average Bonchev–Trinajstić information content (AvgIpc) is 2.18. The van der Waals surface area contributed by atoms with E-state index in [-0.39, 0.29) is 17.9 Å². The van der Waals surface area contributed by atoms with Gasteiger partial charge in [0.15, 0.2) is 0 Å². The summed E-state index contributed by atoms with van der Waals surface area (Å²) in [6, 6.07) is 6.52. The third-order valence-corrected chi connectivity index (χ3v) is 1.72.